The topological polar surface area (TPSA) is 37.3 Å². The zero-order valence-electron chi connectivity index (χ0n) is 12.0. The van der Waals surface area contributed by atoms with Crippen LogP contribution < -0.4 is 5.32 Å². The van der Waals surface area contributed by atoms with E-state index in [4.69, 9.17) is 4.99 Å². The van der Waals surface area contributed by atoms with Gasteiger partial charge in [-0.15, -0.1) is 0 Å². The molecule has 1 aromatic carbocycles. The van der Waals surface area contributed by atoms with E-state index in [0.29, 0.717) is 5.41 Å². The lowest BCUT2D eigenvalue weighted by Crippen LogP contribution is -2.30. The maximum atomic E-state index is 4.79. The van der Waals surface area contributed by atoms with Gasteiger partial charge in [-0.25, -0.2) is 0 Å². The summed E-state index contributed by atoms with van der Waals surface area (Å²) in [7, 11) is 0. The molecule has 1 aromatic heterocycles. The van der Waals surface area contributed by atoms with Crippen molar-refractivity contribution in [2.24, 2.45) is 10.4 Å². The first kappa shape index (κ1) is 13.1. The van der Waals surface area contributed by atoms with Gasteiger partial charge in [0.15, 0.2) is 5.17 Å². The molecule has 108 valence electrons. The Kier molecular flexibility index (Phi) is 3.34. The van der Waals surface area contributed by atoms with Crippen LogP contribution in [0, 0.1) is 5.41 Å². The van der Waals surface area contributed by atoms with Crippen molar-refractivity contribution in [3.8, 4) is 0 Å². The van der Waals surface area contributed by atoms with Crippen LogP contribution in [0.3, 0.4) is 0 Å². The normalized spacial score (nSPS) is 20.7. The molecule has 3 nitrogen and oxygen atoms in total. The monoisotopic (exact) mass is 297 g/mol. The zero-order valence-corrected chi connectivity index (χ0v) is 12.8. The molecule has 0 bridgehead atoms. The highest BCUT2D eigenvalue weighted by molar-refractivity contribution is 8.14. The SMILES string of the molecule is c1cnc2ccc(NC3=NCC4(CCCC4)CS3)cc2c1. The lowest BCUT2D eigenvalue weighted by atomic mass is 9.89. The number of nitrogens with zero attached hydrogens (tertiary/aromatic N) is 2. The predicted octanol–water partition coefficient (Wildman–Crippen LogP) is 4.31. The molecule has 1 fully saturated rings. The molecule has 2 aliphatic rings. The van der Waals surface area contributed by atoms with Crippen LogP contribution >= 0.6 is 11.8 Å². The molecule has 1 saturated carbocycles. The summed E-state index contributed by atoms with van der Waals surface area (Å²) in [6.45, 7) is 0.997. The van der Waals surface area contributed by atoms with Crippen molar-refractivity contribution in [1.82, 2.24) is 4.98 Å². The second-order valence-corrected chi connectivity index (χ2v) is 7.12. The number of aromatic nitrogens is 1. The number of fused-ring (bicyclic) bond motifs is 1. The standard InChI is InChI=1S/C17H19N3S/c1-2-8-17(7-1)11-19-16(21-12-17)20-14-5-6-15-13(10-14)4-3-9-18-15/h3-6,9-10H,1-2,7-8,11-12H2,(H,19,20). The van der Waals surface area contributed by atoms with E-state index < -0.39 is 0 Å². The molecule has 1 aliphatic carbocycles. The van der Waals surface area contributed by atoms with Gasteiger partial charge in [0.25, 0.3) is 0 Å². The van der Waals surface area contributed by atoms with E-state index in [0.717, 1.165) is 28.3 Å². The number of aliphatic imine (C=N–C) groups is 1. The molecule has 4 rings (SSSR count). The highest BCUT2D eigenvalue weighted by Crippen LogP contribution is 2.43. The minimum absolute atomic E-state index is 0.503. The van der Waals surface area contributed by atoms with Crippen molar-refractivity contribution >= 4 is 33.5 Å². The van der Waals surface area contributed by atoms with Crippen molar-refractivity contribution in [3.05, 3.63) is 36.5 Å². The second-order valence-electron chi connectivity index (χ2n) is 6.15. The van der Waals surface area contributed by atoms with Crippen LogP contribution in [0.5, 0.6) is 0 Å². The summed E-state index contributed by atoms with van der Waals surface area (Å²) in [6.07, 6.45) is 7.32. The molecule has 4 heteroatoms. The van der Waals surface area contributed by atoms with E-state index in [1.807, 2.05) is 24.0 Å². The molecule has 21 heavy (non-hydrogen) atoms. The van der Waals surface area contributed by atoms with Gasteiger partial charge >= 0.3 is 0 Å². The molecule has 1 aliphatic heterocycles. The van der Waals surface area contributed by atoms with Gasteiger partial charge in [0.05, 0.1) is 5.52 Å². The molecule has 0 radical (unpaired) electrons. The van der Waals surface area contributed by atoms with Gasteiger partial charge in [0.1, 0.15) is 0 Å². The summed E-state index contributed by atoms with van der Waals surface area (Å²) < 4.78 is 0. The summed E-state index contributed by atoms with van der Waals surface area (Å²) in [6, 6.07) is 10.4. The molecular formula is C17H19N3S. The van der Waals surface area contributed by atoms with Crippen molar-refractivity contribution in [2.75, 3.05) is 17.6 Å². The van der Waals surface area contributed by atoms with Crippen molar-refractivity contribution in [2.45, 2.75) is 25.7 Å². The fourth-order valence-corrected chi connectivity index (χ4v) is 4.50. The maximum Gasteiger partial charge on any atom is 0.161 e. The average Bonchev–Trinajstić information content (AvgIpc) is 2.98. The molecule has 1 spiro atoms. The Morgan fingerprint density at radius 2 is 2.05 bits per heavy atom. The lowest BCUT2D eigenvalue weighted by molar-refractivity contribution is 0.359. The number of hydrogen-bond acceptors (Lipinski definition) is 4. The first-order valence-electron chi connectivity index (χ1n) is 7.62. The van der Waals surface area contributed by atoms with Crippen LogP contribution in [-0.4, -0.2) is 22.4 Å². The zero-order chi connectivity index (χ0) is 14.1. The number of anilines is 1. The van der Waals surface area contributed by atoms with Crippen LogP contribution in [0.25, 0.3) is 10.9 Å². The van der Waals surface area contributed by atoms with Crippen molar-refractivity contribution in [3.63, 3.8) is 0 Å². The number of amidine groups is 1. The van der Waals surface area contributed by atoms with Gasteiger partial charge < -0.3 is 5.32 Å². The highest BCUT2D eigenvalue weighted by Gasteiger charge is 2.36. The predicted molar refractivity (Wildman–Crippen MR) is 91.0 cm³/mol. The minimum Gasteiger partial charge on any atom is -0.335 e. The number of nitrogens with one attached hydrogen (secondary N) is 1. The Morgan fingerprint density at radius 3 is 2.86 bits per heavy atom. The largest absolute Gasteiger partial charge is 0.335 e. The summed E-state index contributed by atoms with van der Waals surface area (Å²) in [5, 5.41) is 5.69. The van der Waals surface area contributed by atoms with Crippen LogP contribution in [0.4, 0.5) is 5.69 Å². The number of benzene rings is 1. The summed E-state index contributed by atoms with van der Waals surface area (Å²) in [4.78, 5) is 9.15. The van der Waals surface area contributed by atoms with Crippen LogP contribution in [0.15, 0.2) is 41.5 Å². The lowest BCUT2D eigenvalue weighted by Gasteiger charge is -2.31. The summed E-state index contributed by atoms with van der Waals surface area (Å²) in [5.41, 5.74) is 2.64. The van der Waals surface area contributed by atoms with Gasteiger partial charge in [-0.1, -0.05) is 30.7 Å². The summed E-state index contributed by atoms with van der Waals surface area (Å²) >= 11 is 1.88. The molecule has 0 amide bonds. The van der Waals surface area contributed by atoms with Crippen LogP contribution in [-0.2, 0) is 0 Å². The first-order chi connectivity index (χ1) is 10.3. The quantitative estimate of drug-likeness (QED) is 0.852. The molecule has 0 atom stereocenters. The van der Waals surface area contributed by atoms with Gasteiger partial charge in [-0.05, 0) is 42.5 Å². The Bertz CT molecular complexity index is 689. The van der Waals surface area contributed by atoms with Gasteiger partial charge in [-0.2, -0.15) is 0 Å². The van der Waals surface area contributed by atoms with Crippen molar-refractivity contribution in [1.29, 1.82) is 0 Å². The first-order valence-corrected chi connectivity index (χ1v) is 8.61. The third kappa shape index (κ3) is 2.64. The van der Waals surface area contributed by atoms with Gasteiger partial charge in [-0.3, -0.25) is 9.98 Å². The molecule has 0 unspecified atom stereocenters. The van der Waals surface area contributed by atoms with E-state index in [9.17, 15) is 0 Å². The fourth-order valence-electron chi connectivity index (χ4n) is 3.33. The van der Waals surface area contributed by atoms with Crippen molar-refractivity contribution < 1.29 is 0 Å². The minimum atomic E-state index is 0.503. The Hall–Kier alpha value is -1.55. The Morgan fingerprint density at radius 1 is 1.14 bits per heavy atom. The smallest absolute Gasteiger partial charge is 0.161 e. The molecule has 2 aromatic rings. The Labute approximate surface area is 129 Å². The number of hydrogen-bond donors (Lipinski definition) is 1. The number of pyridine rings is 1. The molecular weight excluding hydrogens is 278 g/mol. The fraction of sp³-hybridized carbons (Fsp3) is 0.412. The average molecular weight is 297 g/mol. The van der Waals surface area contributed by atoms with Gasteiger partial charge in [0, 0.05) is 29.6 Å². The molecule has 1 N–H and O–H groups in total. The molecule has 2 heterocycles. The van der Waals surface area contributed by atoms with Crippen LogP contribution in [0.1, 0.15) is 25.7 Å². The Balaban J connectivity index is 1.51. The third-order valence-electron chi connectivity index (χ3n) is 4.59. The van der Waals surface area contributed by atoms with E-state index in [1.165, 1.54) is 31.4 Å². The second kappa shape index (κ2) is 5.34. The highest BCUT2D eigenvalue weighted by atomic mass is 32.2. The summed E-state index contributed by atoms with van der Waals surface area (Å²) in [5.74, 6) is 1.22. The van der Waals surface area contributed by atoms with Crippen LogP contribution in [0.2, 0.25) is 0 Å². The van der Waals surface area contributed by atoms with Gasteiger partial charge in [0.2, 0.25) is 0 Å². The van der Waals surface area contributed by atoms with E-state index >= 15 is 0 Å². The van der Waals surface area contributed by atoms with E-state index in [1.54, 1.807) is 0 Å². The number of rotatable bonds is 1. The number of thioether (sulfide) groups is 1. The maximum absolute atomic E-state index is 4.79. The molecule has 0 saturated heterocycles. The third-order valence-corrected chi connectivity index (χ3v) is 5.85. The van der Waals surface area contributed by atoms with E-state index in [-0.39, 0.29) is 0 Å². The van der Waals surface area contributed by atoms with E-state index in [2.05, 4.69) is 34.6 Å².